The smallest absolute Gasteiger partial charge is 0.160 e. The van der Waals surface area contributed by atoms with E-state index in [4.69, 9.17) is 0 Å². The van der Waals surface area contributed by atoms with Crippen molar-refractivity contribution in [3.05, 3.63) is 41.5 Å². The summed E-state index contributed by atoms with van der Waals surface area (Å²) < 4.78 is 0. The zero-order valence-electron chi connectivity index (χ0n) is 11.1. The zero-order chi connectivity index (χ0) is 13.0. The number of hydrogen-bond donors (Lipinski definition) is 1. The number of nitrogens with one attached hydrogen (secondary N) is 1. The summed E-state index contributed by atoms with van der Waals surface area (Å²) in [5, 5.41) is 3.12. The predicted octanol–water partition coefficient (Wildman–Crippen LogP) is 2.13. The number of aryl methyl sites for hydroxylation is 2. The van der Waals surface area contributed by atoms with Crippen molar-refractivity contribution in [2.75, 3.05) is 7.05 Å². The number of nitrogens with zero attached hydrogens (tertiary/aromatic N) is 3. The standard InChI is InChI=1S/C14H18N4/c1-4-11-8-16-6-5-13(11)14-17-10(2)7-12(18-14)9-15-3/h5-8,15H,4,9H2,1-3H3. The largest absolute Gasteiger partial charge is 0.314 e. The fourth-order valence-electron chi connectivity index (χ4n) is 1.95. The van der Waals surface area contributed by atoms with E-state index in [0.29, 0.717) is 0 Å². The first-order valence-corrected chi connectivity index (χ1v) is 6.17. The SMILES string of the molecule is CCc1cnccc1-c1nc(C)cc(CNC)n1. The molecule has 1 N–H and O–H groups in total. The molecule has 0 radical (unpaired) electrons. The maximum absolute atomic E-state index is 4.60. The second-order valence-corrected chi connectivity index (χ2v) is 4.24. The summed E-state index contributed by atoms with van der Waals surface area (Å²) in [4.78, 5) is 13.3. The summed E-state index contributed by atoms with van der Waals surface area (Å²) in [5.74, 6) is 0.791. The van der Waals surface area contributed by atoms with Gasteiger partial charge in [0.2, 0.25) is 0 Å². The first kappa shape index (κ1) is 12.6. The second kappa shape index (κ2) is 5.69. The lowest BCUT2D eigenvalue weighted by Crippen LogP contribution is -2.09. The molecule has 2 rings (SSSR count). The molecule has 0 atom stereocenters. The van der Waals surface area contributed by atoms with Gasteiger partial charge >= 0.3 is 0 Å². The molecule has 0 amide bonds. The highest BCUT2D eigenvalue weighted by atomic mass is 14.9. The molecule has 2 aromatic heterocycles. The average molecular weight is 242 g/mol. The highest BCUT2D eigenvalue weighted by Gasteiger charge is 2.08. The van der Waals surface area contributed by atoms with Crippen molar-refractivity contribution in [3.8, 4) is 11.4 Å². The Labute approximate surface area is 108 Å². The molecule has 0 aliphatic rings. The van der Waals surface area contributed by atoms with E-state index in [1.165, 1.54) is 5.56 Å². The van der Waals surface area contributed by atoms with E-state index in [9.17, 15) is 0 Å². The summed E-state index contributed by atoms with van der Waals surface area (Å²) in [7, 11) is 1.92. The maximum Gasteiger partial charge on any atom is 0.160 e. The molecule has 0 spiro atoms. The normalized spacial score (nSPS) is 10.6. The van der Waals surface area contributed by atoms with Gasteiger partial charge in [0.25, 0.3) is 0 Å². The van der Waals surface area contributed by atoms with E-state index in [1.54, 1.807) is 6.20 Å². The van der Waals surface area contributed by atoms with Crippen LogP contribution in [0.3, 0.4) is 0 Å². The van der Waals surface area contributed by atoms with Crippen LogP contribution >= 0.6 is 0 Å². The highest BCUT2D eigenvalue weighted by molar-refractivity contribution is 5.59. The van der Waals surface area contributed by atoms with Crippen LogP contribution in [-0.2, 0) is 13.0 Å². The molecule has 0 saturated carbocycles. The van der Waals surface area contributed by atoms with E-state index < -0.39 is 0 Å². The van der Waals surface area contributed by atoms with Crippen LogP contribution in [-0.4, -0.2) is 22.0 Å². The number of aromatic nitrogens is 3. The Hall–Kier alpha value is -1.81. The van der Waals surface area contributed by atoms with Gasteiger partial charge in [0, 0.05) is 30.2 Å². The van der Waals surface area contributed by atoms with E-state index in [2.05, 4.69) is 27.2 Å². The second-order valence-electron chi connectivity index (χ2n) is 4.24. The van der Waals surface area contributed by atoms with E-state index >= 15 is 0 Å². The van der Waals surface area contributed by atoms with Crippen molar-refractivity contribution in [2.24, 2.45) is 0 Å². The minimum atomic E-state index is 0.753. The maximum atomic E-state index is 4.60. The van der Waals surface area contributed by atoms with Crippen molar-refractivity contribution in [1.29, 1.82) is 0 Å². The van der Waals surface area contributed by atoms with Crippen molar-refractivity contribution in [1.82, 2.24) is 20.3 Å². The van der Waals surface area contributed by atoms with Gasteiger partial charge in [-0.2, -0.15) is 0 Å². The predicted molar refractivity (Wildman–Crippen MR) is 72.1 cm³/mol. The Kier molecular flexibility index (Phi) is 3.99. The number of rotatable bonds is 4. The molecule has 0 saturated heterocycles. The van der Waals surface area contributed by atoms with Gasteiger partial charge in [-0.1, -0.05) is 6.92 Å². The van der Waals surface area contributed by atoms with E-state index in [-0.39, 0.29) is 0 Å². The molecular weight excluding hydrogens is 224 g/mol. The Balaban J connectivity index is 2.49. The molecule has 2 aromatic rings. The van der Waals surface area contributed by atoms with Crippen molar-refractivity contribution in [2.45, 2.75) is 26.8 Å². The summed E-state index contributed by atoms with van der Waals surface area (Å²) in [5.41, 5.74) is 4.26. The van der Waals surface area contributed by atoms with Crippen molar-refractivity contribution < 1.29 is 0 Å². The number of hydrogen-bond acceptors (Lipinski definition) is 4. The Morgan fingerprint density at radius 1 is 1.28 bits per heavy atom. The fraction of sp³-hybridized carbons (Fsp3) is 0.357. The van der Waals surface area contributed by atoms with Crippen LogP contribution in [0.4, 0.5) is 0 Å². The summed E-state index contributed by atoms with van der Waals surface area (Å²) in [6.07, 6.45) is 4.61. The summed E-state index contributed by atoms with van der Waals surface area (Å²) >= 11 is 0. The quantitative estimate of drug-likeness (QED) is 0.892. The van der Waals surface area contributed by atoms with Gasteiger partial charge in [0.05, 0.1) is 5.69 Å². The minimum absolute atomic E-state index is 0.753. The molecular formula is C14H18N4. The molecule has 0 unspecified atom stereocenters. The van der Waals surface area contributed by atoms with Crippen LogP contribution < -0.4 is 5.32 Å². The van der Waals surface area contributed by atoms with Crippen LogP contribution in [0.5, 0.6) is 0 Å². The average Bonchev–Trinajstić information content (AvgIpc) is 2.38. The molecule has 2 heterocycles. The van der Waals surface area contributed by atoms with Gasteiger partial charge in [0.1, 0.15) is 0 Å². The Morgan fingerprint density at radius 2 is 2.11 bits per heavy atom. The number of pyridine rings is 1. The minimum Gasteiger partial charge on any atom is -0.314 e. The van der Waals surface area contributed by atoms with Crippen LogP contribution in [0.1, 0.15) is 23.9 Å². The van der Waals surface area contributed by atoms with Crippen molar-refractivity contribution in [3.63, 3.8) is 0 Å². The summed E-state index contributed by atoms with van der Waals surface area (Å²) in [6, 6.07) is 3.99. The molecule has 94 valence electrons. The molecule has 0 fully saturated rings. The molecule has 0 aliphatic heterocycles. The van der Waals surface area contributed by atoms with Gasteiger partial charge in [-0.05, 0) is 38.1 Å². The van der Waals surface area contributed by atoms with Crippen LogP contribution in [0.25, 0.3) is 11.4 Å². The molecule has 0 aliphatic carbocycles. The van der Waals surface area contributed by atoms with Crippen LogP contribution in [0.2, 0.25) is 0 Å². The van der Waals surface area contributed by atoms with Gasteiger partial charge in [-0.25, -0.2) is 9.97 Å². The van der Waals surface area contributed by atoms with Crippen LogP contribution in [0, 0.1) is 6.92 Å². The third-order valence-corrected chi connectivity index (χ3v) is 2.79. The Morgan fingerprint density at radius 3 is 2.83 bits per heavy atom. The van der Waals surface area contributed by atoms with Crippen LogP contribution in [0.15, 0.2) is 24.5 Å². The molecule has 4 nitrogen and oxygen atoms in total. The highest BCUT2D eigenvalue weighted by Crippen LogP contribution is 2.20. The summed E-state index contributed by atoms with van der Waals surface area (Å²) in [6.45, 7) is 4.87. The first-order valence-electron chi connectivity index (χ1n) is 6.17. The first-order chi connectivity index (χ1) is 8.74. The molecule has 0 bridgehead atoms. The fourth-order valence-corrected chi connectivity index (χ4v) is 1.95. The molecule has 18 heavy (non-hydrogen) atoms. The third kappa shape index (κ3) is 2.71. The lowest BCUT2D eigenvalue weighted by atomic mass is 10.1. The van der Waals surface area contributed by atoms with Crippen molar-refractivity contribution >= 4 is 0 Å². The molecule has 4 heteroatoms. The van der Waals surface area contributed by atoms with E-state index in [0.717, 1.165) is 35.7 Å². The van der Waals surface area contributed by atoms with Gasteiger partial charge < -0.3 is 5.32 Å². The monoisotopic (exact) mass is 242 g/mol. The molecule has 0 aromatic carbocycles. The van der Waals surface area contributed by atoms with Gasteiger partial charge in [-0.3, -0.25) is 4.98 Å². The van der Waals surface area contributed by atoms with Gasteiger partial charge in [0.15, 0.2) is 5.82 Å². The third-order valence-electron chi connectivity index (χ3n) is 2.79. The van der Waals surface area contributed by atoms with Gasteiger partial charge in [-0.15, -0.1) is 0 Å². The topological polar surface area (TPSA) is 50.7 Å². The lowest BCUT2D eigenvalue weighted by molar-refractivity contribution is 0.784. The zero-order valence-corrected chi connectivity index (χ0v) is 11.1. The Bertz CT molecular complexity index is 537. The lowest BCUT2D eigenvalue weighted by Gasteiger charge is -2.08. The van der Waals surface area contributed by atoms with E-state index in [1.807, 2.05) is 32.3 Å².